The molecule has 0 radical (unpaired) electrons. The number of anilines is 3. The van der Waals surface area contributed by atoms with E-state index >= 15 is 0 Å². The van der Waals surface area contributed by atoms with Crippen LogP contribution in [0, 0.1) is 0 Å². The molecule has 124 valence electrons. The Morgan fingerprint density at radius 2 is 1.68 bits per heavy atom. The maximum atomic E-state index is 12.4. The third kappa shape index (κ3) is 3.42. The van der Waals surface area contributed by atoms with Gasteiger partial charge in [0.15, 0.2) is 6.10 Å². The van der Waals surface area contributed by atoms with Crippen LogP contribution in [-0.4, -0.2) is 22.0 Å². The lowest BCUT2D eigenvalue weighted by atomic mass is 10.1. The first-order chi connectivity index (χ1) is 12.3. The third-order valence-electron chi connectivity index (χ3n) is 3.91. The summed E-state index contributed by atoms with van der Waals surface area (Å²) in [4.78, 5) is 20.6. The van der Waals surface area contributed by atoms with E-state index in [1.165, 1.54) is 0 Å². The van der Waals surface area contributed by atoms with Gasteiger partial charge in [-0.2, -0.15) is 0 Å². The number of nitrogens with one attached hydrogen (secondary N) is 2. The molecule has 3 aromatic rings. The van der Waals surface area contributed by atoms with Gasteiger partial charge in [0.25, 0.3) is 5.91 Å². The molecule has 1 aromatic heterocycles. The van der Waals surface area contributed by atoms with E-state index in [9.17, 15) is 4.79 Å². The number of carbonyl (C=O) groups excluding carboxylic acids is 1. The second-order valence-corrected chi connectivity index (χ2v) is 5.68. The molecule has 2 aromatic carbocycles. The summed E-state index contributed by atoms with van der Waals surface area (Å²) in [5.74, 6) is 1.16. The highest BCUT2D eigenvalue weighted by molar-refractivity contribution is 5.95. The van der Waals surface area contributed by atoms with Crippen molar-refractivity contribution in [1.29, 1.82) is 0 Å². The smallest absolute Gasteiger partial charge is 0.265 e. The topological polar surface area (TPSA) is 76.1 Å². The second-order valence-electron chi connectivity index (χ2n) is 5.68. The molecule has 25 heavy (non-hydrogen) atoms. The summed E-state index contributed by atoms with van der Waals surface area (Å²) in [6, 6.07) is 16.8. The molecule has 0 fully saturated rings. The number of hydrogen-bond donors (Lipinski definition) is 2. The Kier molecular flexibility index (Phi) is 4.00. The molecule has 2 N–H and O–H groups in total. The van der Waals surface area contributed by atoms with Crippen LogP contribution in [0.2, 0.25) is 0 Å². The van der Waals surface area contributed by atoms with Crippen molar-refractivity contribution in [2.24, 2.45) is 0 Å². The van der Waals surface area contributed by atoms with Crippen LogP contribution in [-0.2, 0) is 11.2 Å². The normalized spacial score (nSPS) is 15.1. The first-order valence-corrected chi connectivity index (χ1v) is 7.97. The molecular formula is C19H16N4O2. The number of benzene rings is 2. The number of para-hydroxylation sites is 1. The van der Waals surface area contributed by atoms with Gasteiger partial charge in [-0.1, -0.05) is 18.2 Å². The second kappa shape index (κ2) is 6.60. The standard InChI is InChI=1S/C19H16N4O2/c24-18(17-12-13-4-1-2-5-16(13)25-17)22-14-6-8-15(9-7-14)23-19-20-10-3-11-21-19/h1-11,17H,12H2,(H,22,24)(H,20,21,23)/t17-/m1/s1. The fourth-order valence-corrected chi connectivity index (χ4v) is 2.68. The molecule has 0 saturated heterocycles. The zero-order valence-electron chi connectivity index (χ0n) is 13.3. The Morgan fingerprint density at radius 3 is 2.44 bits per heavy atom. The van der Waals surface area contributed by atoms with Crippen molar-refractivity contribution in [1.82, 2.24) is 9.97 Å². The van der Waals surface area contributed by atoms with Gasteiger partial charge < -0.3 is 15.4 Å². The molecule has 0 aliphatic carbocycles. The van der Waals surface area contributed by atoms with Crippen molar-refractivity contribution in [3.05, 3.63) is 72.6 Å². The number of fused-ring (bicyclic) bond motifs is 1. The summed E-state index contributed by atoms with van der Waals surface area (Å²) in [5.41, 5.74) is 2.61. The minimum absolute atomic E-state index is 0.150. The zero-order chi connectivity index (χ0) is 17.1. The summed E-state index contributed by atoms with van der Waals surface area (Å²) in [7, 11) is 0. The lowest BCUT2D eigenvalue weighted by molar-refractivity contribution is -0.122. The van der Waals surface area contributed by atoms with E-state index < -0.39 is 6.10 Å². The summed E-state index contributed by atoms with van der Waals surface area (Å²) < 4.78 is 5.70. The largest absolute Gasteiger partial charge is 0.480 e. The first-order valence-electron chi connectivity index (χ1n) is 7.97. The predicted octanol–water partition coefficient (Wildman–Crippen LogP) is 3.16. The molecule has 6 nitrogen and oxygen atoms in total. The van der Waals surface area contributed by atoms with Crippen LogP contribution >= 0.6 is 0 Å². The Hall–Kier alpha value is -3.41. The monoisotopic (exact) mass is 332 g/mol. The highest BCUT2D eigenvalue weighted by Crippen LogP contribution is 2.28. The van der Waals surface area contributed by atoms with E-state index in [1.807, 2.05) is 48.5 Å². The summed E-state index contributed by atoms with van der Waals surface area (Å²) in [5, 5.41) is 5.98. The third-order valence-corrected chi connectivity index (χ3v) is 3.91. The SMILES string of the molecule is O=C(Nc1ccc(Nc2ncccn2)cc1)[C@H]1Cc2ccccc2O1. The van der Waals surface area contributed by atoms with Gasteiger partial charge in [-0.25, -0.2) is 9.97 Å². The van der Waals surface area contributed by atoms with Crippen molar-refractivity contribution in [3.8, 4) is 5.75 Å². The lowest BCUT2D eigenvalue weighted by Gasteiger charge is -2.12. The van der Waals surface area contributed by atoms with E-state index in [-0.39, 0.29) is 5.91 Å². The number of amides is 1. The summed E-state index contributed by atoms with van der Waals surface area (Å²) in [6.45, 7) is 0. The number of nitrogens with zero attached hydrogens (tertiary/aromatic N) is 2. The summed E-state index contributed by atoms with van der Waals surface area (Å²) in [6.07, 6.45) is 3.44. The highest BCUT2D eigenvalue weighted by atomic mass is 16.5. The van der Waals surface area contributed by atoms with Crippen molar-refractivity contribution < 1.29 is 9.53 Å². The van der Waals surface area contributed by atoms with Crippen LogP contribution < -0.4 is 15.4 Å². The number of hydrogen-bond acceptors (Lipinski definition) is 5. The number of rotatable bonds is 4. The molecule has 0 bridgehead atoms. The fourth-order valence-electron chi connectivity index (χ4n) is 2.68. The molecule has 6 heteroatoms. The van der Waals surface area contributed by atoms with Crippen molar-refractivity contribution in [2.75, 3.05) is 10.6 Å². The van der Waals surface area contributed by atoms with Gasteiger partial charge in [0.05, 0.1) is 0 Å². The Bertz CT molecular complexity index is 856. The number of aromatic nitrogens is 2. The maximum Gasteiger partial charge on any atom is 0.265 e. The Balaban J connectivity index is 1.38. The van der Waals surface area contributed by atoms with Crippen LogP contribution in [0.1, 0.15) is 5.56 Å². The number of ether oxygens (including phenoxy) is 1. The Labute approximate surface area is 144 Å². The zero-order valence-corrected chi connectivity index (χ0v) is 13.3. The van der Waals surface area contributed by atoms with Gasteiger partial charge in [-0.3, -0.25) is 4.79 Å². The molecule has 1 aliphatic heterocycles. The average molecular weight is 332 g/mol. The molecule has 2 heterocycles. The van der Waals surface area contributed by atoms with Crippen molar-refractivity contribution in [3.63, 3.8) is 0 Å². The van der Waals surface area contributed by atoms with Gasteiger partial charge in [-0.15, -0.1) is 0 Å². The van der Waals surface area contributed by atoms with Gasteiger partial charge in [-0.05, 0) is 42.0 Å². The Morgan fingerprint density at radius 1 is 0.960 bits per heavy atom. The van der Waals surface area contributed by atoms with Gasteiger partial charge in [0.2, 0.25) is 5.95 Å². The average Bonchev–Trinajstić information content (AvgIpc) is 3.09. The number of carbonyl (C=O) groups is 1. The van der Waals surface area contributed by atoms with E-state index in [1.54, 1.807) is 18.5 Å². The summed E-state index contributed by atoms with van der Waals surface area (Å²) >= 11 is 0. The van der Waals surface area contributed by atoms with E-state index in [4.69, 9.17) is 4.74 Å². The van der Waals surface area contributed by atoms with Crippen molar-refractivity contribution >= 4 is 23.2 Å². The fraction of sp³-hybridized carbons (Fsp3) is 0.105. The molecule has 1 amide bonds. The van der Waals surface area contributed by atoms with Crippen molar-refractivity contribution in [2.45, 2.75) is 12.5 Å². The predicted molar refractivity (Wildman–Crippen MR) is 94.9 cm³/mol. The van der Waals surface area contributed by atoms with Crippen LogP contribution in [0.5, 0.6) is 5.75 Å². The van der Waals surface area contributed by atoms with Crippen LogP contribution in [0.25, 0.3) is 0 Å². The van der Waals surface area contributed by atoms with Gasteiger partial charge in [0, 0.05) is 30.2 Å². The molecule has 1 aliphatic rings. The molecule has 0 spiro atoms. The van der Waals surface area contributed by atoms with Crippen LogP contribution in [0.3, 0.4) is 0 Å². The van der Waals surface area contributed by atoms with Gasteiger partial charge >= 0.3 is 0 Å². The minimum Gasteiger partial charge on any atom is -0.480 e. The molecular weight excluding hydrogens is 316 g/mol. The maximum absolute atomic E-state index is 12.4. The quantitative estimate of drug-likeness (QED) is 0.767. The van der Waals surface area contributed by atoms with Gasteiger partial charge in [0.1, 0.15) is 5.75 Å². The highest BCUT2D eigenvalue weighted by Gasteiger charge is 2.28. The van der Waals surface area contributed by atoms with E-state index in [2.05, 4.69) is 20.6 Å². The van der Waals surface area contributed by atoms with E-state index in [0.29, 0.717) is 18.1 Å². The van der Waals surface area contributed by atoms with Crippen LogP contribution in [0.15, 0.2) is 67.0 Å². The molecule has 4 rings (SSSR count). The molecule has 1 atom stereocenters. The molecule has 0 unspecified atom stereocenters. The lowest BCUT2D eigenvalue weighted by Crippen LogP contribution is -2.31. The van der Waals surface area contributed by atoms with Crippen LogP contribution in [0.4, 0.5) is 17.3 Å². The first kappa shape index (κ1) is 15.1. The van der Waals surface area contributed by atoms with E-state index in [0.717, 1.165) is 17.0 Å². The minimum atomic E-state index is -0.493. The molecule has 0 saturated carbocycles.